The summed E-state index contributed by atoms with van der Waals surface area (Å²) in [6, 6.07) is 1.75. The van der Waals surface area contributed by atoms with Gasteiger partial charge in [-0.05, 0) is 45.9 Å². The minimum Gasteiger partial charge on any atom is -0.444 e. The lowest BCUT2D eigenvalue weighted by Crippen LogP contribution is -2.55. The molecule has 0 saturated carbocycles. The fourth-order valence-electron chi connectivity index (χ4n) is 3.09. The van der Waals surface area contributed by atoms with Gasteiger partial charge in [0.25, 0.3) is 0 Å². The van der Waals surface area contributed by atoms with Crippen molar-refractivity contribution in [1.29, 1.82) is 0 Å². The molecule has 162 valence electrons. The van der Waals surface area contributed by atoms with Crippen molar-refractivity contribution in [1.82, 2.24) is 9.80 Å². The number of likely N-dealkylation sites (tertiary alicyclic amines) is 1. The third kappa shape index (κ3) is 6.62. The van der Waals surface area contributed by atoms with Gasteiger partial charge in [-0.25, -0.2) is 18.0 Å². The molecule has 0 aliphatic carbocycles. The fraction of sp³-hybridized carbons (Fsp3) is 0.600. The molecule has 0 atom stereocenters. The molecule has 0 unspecified atom stereocenters. The van der Waals surface area contributed by atoms with E-state index in [1.807, 2.05) is 11.8 Å². The van der Waals surface area contributed by atoms with E-state index in [0.717, 1.165) is 18.6 Å². The normalized spacial score (nSPS) is 14.7. The SMILES string of the molecule is CCCN(CC(=O)Nc1ccc(F)c(F)c1F)CC1CN(C(=O)OC(C)(C)C)C1. The van der Waals surface area contributed by atoms with Gasteiger partial charge in [0.2, 0.25) is 5.91 Å². The molecule has 1 N–H and O–H groups in total. The number of amides is 2. The largest absolute Gasteiger partial charge is 0.444 e. The number of ether oxygens (including phenoxy) is 1. The maximum atomic E-state index is 13.7. The fourth-order valence-corrected chi connectivity index (χ4v) is 3.09. The first-order valence-electron chi connectivity index (χ1n) is 9.63. The van der Waals surface area contributed by atoms with Crippen molar-refractivity contribution in [2.24, 2.45) is 5.92 Å². The van der Waals surface area contributed by atoms with Crippen LogP contribution in [0.5, 0.6) is 0 Å². The molecule has 0 radical (unpaired) electrons. The zero-order valence-corrected chi connectivity index (χ0v) is 17.2. The highest BCUT2D eigenvalue weighted by atomic mass is 19.2. The van der Waals surface area contributed by atoms with Gasteiger partial charge in [-0.1, -0.05) is 6.92 Å². The zero-order chi connectivity index (χ0) is 21.8. The van der Waals surface area contributed by atoms with Crippen molar-refractivity contribution in [3.63, 3.8) is 0 Å². The number of benzene rings is 1. The van der Waals surface area contributed by atoms with Gasteiger partial charge >= 0.3 is 6.09 Å². The summed E-state index contributed by atoms with van der Waals surface area (Å²) >= 11 is 0. The Morgan fingerprint density at radius 3 is 2.45 bits per heavy atom. The molecule has 1 fully saturated rings. The summed E-state index contributed by atoms with van der Waals surface area (Å²) in [5.74, 6) is -4.68. The molecule has 1 aromatic rings. The quantitative estimate of drug-likeness (QED) is 0.691. The van der Waals surface area contributed by atoms with Crippen LogP contribution < -0.4 is 5.32 Å². The standard InChI is InChI=1S/C20H28F3N3O3/c1-5-8-25(9-13-10-26(11-13)19(28)29-20(2,3)4)12-16(27)24-15-7-6-14(21)17(22)18(15)23/h6-7,13H,5,8-12H2,1-4H3,(H,24,27). The third-order valence-electron chi connectivity index (χ3n) is 4.34. The summed E-state index contributed by atoms with van der Waals surface area (Å²) in [6.07, 6.45) is 0.442. The Hall–Kier alpha value is -2.29. The Kier molecular flexibility index (Phi) is 7.51. The molecule has 9 heteroatoms. The number of halogens is 3. The molecule has 29 heavy (non-hydrogen) atoms. The van der Waals surface area contributed by atoms with Crippen LogP contribution in [0.2, 0.25) is 0 Å². The second-order valence-electron chi connectivity index (χ2n) is 8.26. The molecule has 1 heterocycles. The first-order valence-corrected chi connectivity index (χ1v) is 9.63. The van der Waals surface area contributed by atoms with Gasteiger partial charge in [-0.15, -0.1) is 0 Å². The highest BCUT2D eigenvalue weighted by Crippen LogP contribution is 2.22. The lowest BCUT2D eigenvalue weighted by Gasteiger charge is -2.41. The summed E-state index contributed by atoms with van der Waals surface area (Å²) in [4.78, 5) is 27.7. The van der Waals surface area contributed by atoms with E-state index in [1.165, 1.54) is 0 Å². The summed E-state index contributed by atoms with van der Waals surface area (Å²) in [5, 5.41) is 2.28. The maximum absolute atomic E-state index is 13.7. The van der Waals surface area contributed by atoms with Crippen molar-refractivity contribution in [2.75, 3.05) is 38.0 Å². The lowest BCUT2D eigenvalue weighted by molar-refractivity contribution is -0.117. The Balaban J connectivity index is 1.85. The van der Waals surface area contributed by atoms with Crippen LogP contribution in [0, 0.1) is 23.4 Å². The highest BCUT2D eigenvalue weighted by Gasteiger charge is 2.34. The second kappa shape index (κ2) is 9.47. The molecule has 0 spiro atoms. The highest BCUT2D eigenvalue weighted by molar-refractivity contribution is 5.92. The van der Waals surface area contributed by atoms with Gasteiger partial charge < -0.3 is 15.0 Å². The average Bonchev–Trinajstić information content (AvgIpc) is 2.56. The summed E-state index contributed by atoms with van der Waals surface area (Å²) < 4.78 is 45.3. The number of nitrogens with one attached hydrogen (secondary N) is 1. The number of carbonyl (C=O) groups is 2. The van der Waals surface area contributed by atoms with Crippen LogP contribution in [0.3, 0.4) is 0 Å². The van der Waals surface area contributed by atoms with E-state index >= 15 is 0 Å². The maximum Gasteiger partial charge on any atom is 0.410 e. The molecule has 1 aliphatic rings. The number of nitrogens with zero attached hydrogens (tertiary/aromatic N) is 2. The van der Waals surface area contributed by atoms with E-state index in [9.17, 15) is 22.8 Å². The Bertz CT molecular complexity index is 746. The van der Waals surface area contributed by atoms with Crippen molar-refractivity contribution >= 4 is 17.7 Å². The Morgan fingerprint density at radius 2 is 1.86 bits per heavy atom. The van der Waals surface area contributed by atoms with Crippen LogP contribution in [0.15, 0.2) is 12.1 Å². The van der Waals surface area contributed by atoms with Crippen molar-refractivity contribution in [3.8, 4) is 0 Å². The van der Waals surface area contributed by atoms with Gasteiger partial charge in [0.05, 0.1) is 12.2 Å². The predicted octanol–water partition coefficient (Wildman–Crippen LogP) is 3.62. The van der Waals surface area contributed by atoms with Gasteiger partial charge in [0.1, 0.15) is 5.60 Å². The van der Waals surface area contributed by atoms with Crippen LogP contribution in [-0.4, -0.2) is 60.1 Å². The molecule has 2 rings (SSSR count). The van der Waals surface area contributed by atoms with Crippen molar-refractivity contribution in [3.05, 3.63) is 29.6 Å². The van der Waals surface area contributed by atoms with Gasteiger partial charge in [0.15, 0.2) is 17.5 Å². The number of rotatable bonds is 7. The molecule has 1 aromatic carbocycles. The summed E-state index contributed by atoms with van der Waals surface area (Å²) in [6.45, 7) is 9.65. The van der Waals surface area contributed by atoms with Crippen molar-refractivity contribution in [2.45, 2.75) is 39.7 Å². The molecule has 1 saturated heterocycles. The van der Waals surface area contributed by atoms with E-state index in [1.54, 1.807) is 25.7 Å². The minimum atomic E-state index is -1.62. The molecule has 0 bridgehead atoms. The van der Waals surface area contributed by atoms with Gasteiger partial charge in [-0.3, -0.25) is 9.69 Å². The van der Waals surface area contributed by atoms with Crippen LogP contribution >= 0.6 is 0 Å². The Labute approximate surface area is 169 Å². The van der Waals surface area contributed by atoms with Crippen LogP contribution in [0.4, 0.5) is 23.7 Å². The van der Waals surface area contributed by atoms with E-state index in [2.05, 4.69) is 5.32 Å². The predicted molar refractivity (Wildman–Crippen MR) is 103 cm³/mol. The van der Waals surface area contributed by atoms with Crippen LogP contribution in [-0.2, 0) is 9.53 Å². The van der Waals surface area contributed by atoms with Crippen molar-refractivity contribution < 1.29 is 27.5 Å². The Morgan fingerprint density at radius 1 is 1.21 bits per heavy atom. The zero-order valence-electron chi connectivity index (χ0n) is 17.2. The van der Waals surface area contributed by atoms with Gasteiger partial charge in [0, 0.05) is 25.6 Å². The topological polar surface area (TPSA) is 61.9 Å². The molecule has 1 aliphatic heterocycles. The van der Waals surface area contributed by atoms with E-state index < -0.39 is 34.6 Å². The molecular formula is C20H28F3N3O3. The molecular weight excluding hydrogens is 387 g/mol. The molecule has 0 aromatic heterocycles. The van der Waals surface area contributed by atoms with Crippen LogP contribution in [0.25, 0.3) is 0 Å². The second-order valence-corrected chi connectivity index (χ2v) is 8.26. The number of anilines is 1. The molecule has 6 nitrogen and oxygen atoms in total. The third-order valence-corrected chi connectivity index (χ3v) is 4.34. The summed E-state index contributed by atoms with van der Waals surface area (Å²) in [5.41, 5.74) is -0.950. The average molecular weight is 415 g/mol. The first kappa shape index (κ1) is 23.0. The lowest BCUT2D eigenvalue weighted by atomic mass is 10.00. The number of hydrogen-bond donors (Lipinski definition) is 1. The number of hydrogen-bond acceptors (Lipinski definition) is 4. The smallest absolute Gasteiger partial charge is 0.410 e. The van der Waals surface area contributed by atoms with Crippen LogP contribution in [0.1, 0.15) is 34.1 Å². The monoisotopic (exact) mass is 415 g/mol. The molecule has 2 amide bonds. The minimum absolute atomic E-state index is 0.0186. The van der Waals surface area contributed by atoms with Gasteiger partial charge in [-0.2, -0.15) is 0 Å². The van der Waals surface area contributed by atoms with E-state index in [4.69, 9.17) is 4.74 Å². The summed E-state index contributed by atoms with van der Waals surface area (Å²) in [7, 11) is 0. The number of carbonyl (C=O) groups excluding carboxylic acids is 2. The van der Waals surface area contributed by atoms with E-state index in [0.29, 0.717) is 26.2 Å². The van der Waals surface area contributed by atoms with E-state index in [-0.39, 0.29) is 18.6 Å². The first-order chi connectivity index (χ1) is 13.5.